The van der Waals surface area contributed by atoms with Crippen LogP contribution in [0.4, 0.5) is 14.9 Å². The Bertz CT molecular complexity index is 508. The first kappa shape index (κ1) is 16.2. The molecule has 0 saturated heterocycles. The maximum Gasteiger partial charge on any atom is 0.322 e. The van der Waals surface area contributed by atoms with E-state index in [2.05, 4.69) is 5.32 Å². The molecule has 0 bridgehead atoms. The minimum atomic E-state index is -0.978. The molecule has 0 spiro atoms. The van der Waals surface area contributed by atoms with Gasteiger partial charge in [-0.2, -0.15) is 0 Å². The standard InChI is InChI=1S/C13H16ClFN2O3/c1-8(2)17(6-5-12(18)19)13(20)16-9-3-4-11(15)10(14)7-9/h3-4,7-8H,5-6H2,1-2H3,(H,16,20)(H,18,19). The second-order valence-electron chi connectivity index (χ2n) is 4.49. The molecule has 1 aromatic rings. The van der Waals surface area contributed by atoms with Gasteiger partial charge < -0.3 is 15.3 Å². The summed E-state index contributed by atoms with van der Waals surface area (Å²) in [6.45, 7) is 3.64. The van der Waals surface area contributed by atoms with Gasteiger partial charge in [0, 0.05) is 18.3 Å². The Morgan fingerprint density at radius 3 is 2.60 bits per heavy atom. The van der Waals surface area contributed by atoms with Gasteiger partial charge in [0.25, 0.3) is 0 Å². The average Bonchev–Trinajstić information content (AvgIpc) is 2.33. The number of benzene rings is 1. The van der Waals surface area contributed by atoms with Crippen LogP contribution in [0, 0.1) is 5.82 Å². The molecule has 7 heteroatoms. The van der Waals surface area contributed by atoms with Crippen molar-refractivity contribution in [1.29, 1.82) is 0 Å². The molecule has 0 radical (unpaired) electrons. The van der Waals surface area contributed by atoms with Crippen LogP contribution in [0.3, 0.4) is 0 Å². The Kier molecular flexibility index (Phi) is 5.76. The van der Waals surface area contributed by atoms with Gasteiger partial charge in [-0.1, -0.05) is 11.6 Å². The molecule has 1 aromatic carbocycles. The number of anilines is 1. The van der Waals surface area contributed by atoms with Crippen LogP contribution in [0.2, 0.25) is 5.02 Å². The number of aliphatic carboxylic acids is 1. The number of urea groups is 1. The molecule has 2 N–H and O–H groups in total. The van der Waals surface area contributed by atoms with E-state index >= 15 is 0 Å². The molecule has 110 valence electrons. The quantitative estimate of drug-likeness (QED) is 0.877. The normalized spacial score (nSPS) is 10.4. The van der Waals surface area contributed by atoms with Crippen molar-refractivity contribution >= 4 is 29.3 Å². The molecular formula is C13H16ClFN2O3. The molecular weight excluding hydrogens is 287 g/mol. The third-order valence-corrected chi connectivity index (χ3v) is 2.91. The van der Waals surface area contributed by atoms with Crippen LogP contribution in [0.5, 0.6) is 0 Å². The zero-order valence-electron chi connectivity index (χ0n) is 11.2. The first-order chi connectivity index (χ1) is 9.31. The topological polar surface area (TPSA) is 69.6 Å². The lowest BCUT2D eigenvalue weighted by atomic mass is 10.3. The van der Waals surface area contributed by atoms with Crippen LogP contribution in [0.1, 0.15) is 20.3 Å². The zero-order valence-corrected chi connectivity index (χ0v) is 11.9. The van der Waals surface area contributed by atoms with Crippen LogP contribution >= 0.6 is 11.6 Å². The van der Waals surface area contributed by atoms with Crippen LogP contribution in [0.15, 0.2) is 18.2 Å². The van der Waals surface area contributed by atoms with Crippen molar-refractivity contribution in [3.05, 3.63) is 29.0 Å². The molecule has 0 unspecified atom stereocenters. The predicted octanol–water partition coefficient (Wildman–Crippen LogP) is 3.20. The van der Waals surface area contributed by atoms with E-state index in [1.54, 1.807) is 13.8 Å². The Morgan fingerprint density at radius 2 is 2.10 bits per heavy atom. The number of carbonyl (C=O) groups excluding carboxylic acids is 1. The lowest BCUT2D eigenvalue weighted by Gasteiger charge is -2.26. The number of rotatable bonds is 5. The first-order valence-corrected chi connectivity index (χ1v) is 6.43. The Morgan fingerprint density at radius 1 is 1.45 bits per heavy atom. The van der Waals surface area contributed by atoms with E-state index < -0.39 is 17.8 Å². The van der Waals surface area contributed by atoms with Gasteiger partial charge in [0.15, 0.2) is 0 Å². The number of hydrogen-bond acceptors (Lipinski definition) is 2. The summed E-state index contributed by atoms with van der Waals surface area (Å²) in [6.07, 6.45) is -0.143. The Balaban J connectivity index is 2.74. The van der Waals surface area contributed by atoms with Crippen molar-refractivity contribution < 1.29 is 19.1 Å². The van der Waals surface area contributed by atoms with Crippen LogP contribution in [0.25, 0.3) is 0 Å². The number of halogens is 2. The summed E-state index contributed by atoms with van der Waals surface area (Å²) < 4.78 is 13.0. The highest BCUT2D eigenvalue weighted by Gasteiger charge is 2.18. The molecule has 20 heavy (non-hydrogen) atoms. The summed E-state index contributed by atoms with van der Waals surface area (Å²) >= 11 is 5.62. The van der Waals surface area contributed by atoms with Crippen LogP contribution in [-0.4, -0.2) is 34.6 Å². The Labute approximate surface area is 121 Å². The Hall–Kier alpha value is -1.82. The first-order valence-electron chi connectivity index (χ1n) is 6.05. The SMILES string of the molecule is CC(C)N(CCC(=O)O)C(=O)Nc1ccc(F)c(Cl)c1. The second-order valence-corrected chi connectivity index (χ2v) is 4.90. The smallest absolute Gasteiger partial charge is 0.322 e. The van der Waals surface area contributed by atoms with Crippen molar-refractivity contribution in [1.82, 2.24) is 4.90 Å². The molecule has 1 rings (SSSR count). The minimum Gasteiger partial charge on any atom is -0.481 e. The van der Waals surface area contributed by atoms with Crippen molar-refractivity contribution in [3.8, 4) is 0 Å². The summed E-state index contributed by atoms with van der Waals surface area (Å²) in [5.41, 5.74) is 0.349. The van der Waals surface area contributed by atoms with Crippen molar-refractivity contribution in [2.45, 2.75) is 26.3 Å². The lowest BCUT2D eigenvalue weighted by Crippen LogP contribution is -2.41. The summed E-state index contributed by atoms with van der Waals surface area (Å²) in [6, 6.07) is 3.21. The molecule has 5 nitrogen and oxygen atoms in total. The van der Waals surface area contributed by atoms with Crippen LogP contribution < -0.4 is 5.32 Å². The van der Waals surface area contributed by atoms with E-state index in [0.717, 1.165) is 6.07 Å². The predicted molar refractivity (Wildman–Crippen MR) is 74.5 cm³/mol. The number of nitrogens with one attached hydrogen (secondary N) is 1. The summed E-state index contributed by atoms with van der Waals surface area (Å²) in [4.78, 5) is 24.0. The van der Waals surface area contributed by atoms with E-state index in [9.17, 15) is 14.0 Å². The third kappa shape index (κ3) is 4.70. The van der Waals surface area contributed by atoms with Crippen LogP contribution in [-0.2, 0) is 4.79 Å². The molecule has 0 aliphatic carbocycles. The highest BCUT2D eigenvalue weighted by molar-refractivity contribution is 6.31. The number of nitrogens with zero attached hydrogens (tertiary/aromatic N) is 1. The minimum absolute atomic E-state index is 0.0910. The van der Waals surface area contributed by atoms with Gasteiger partial charge >= 0.3 is 12.0 Å². The molecule has 0 aliphatic rings. The number of amides is 2. The highest BCUT2D eigenvalue weighted by atomic mass is 35.5. The maximum atomic E-state index is 13.0. The summed E-state index contributed by atoms with van der Waals surface area (Å²) in [5.74, 6) is -1.55. The van der Waals surface area contributed by atoms with E-state index in [1.165, 1.54) is 17.0 Å². The number of carboxylic acids is 1. The van der Waals surface area contributed by atoms with E-state index in [0.29, 0.717) is 5.69 Å². The van der Waals surface area contributed by atoms with Crippen molar-refractivity contribution in [2.75, 3.05) is 11.9 Å². The van der Waals surface area contributed by atoms with Gasteiger partial charge in [0.2, 0.25) is 0 Å². The zero-order chi connectivity index (χ0) is 15.3. The third-order valence-electron chi connectivity index (χ3n) is 2.62. The van der Waals surface area contributed by atoms with Gasteiger partial charge in [0.1, 0.15) is 5.82 Å². The molecule has 0 aliphatic heterocycles. The number of carboxylic acid groups (broad SMARTS) is 1. The van der Waals surface area contributed by atoms with Crippen molar-refractivity contribution in [3.63, 3.8) is 0 Å². The van der Waals surface area contributed by atoms with E-state index in [1.807, 2.05) is 0 Å². The highest BCUT2D eigenvalue weighted by Crippen LogP contribution is 2.19. The maximum absolute atomic E-state index is 13.0. The van der Waals surface area contributed by atoms with Gasteiger partial charge in [-0.3, -0.25) is 4.79 Å². The average molecular weight is 303 g/mol. The molecule has 0 atom stereocenters. The molecule has 2 amide bonds. The lowest BCUT2D eigenvalue weighted by molar-refractivity contribution is -0.137. The summed E-state index contributed by atoms with van der Waals surface area (Å²) in [5, 5.41) is 11.1. The second kappa shape index (κ2) is 7.09. The van der Waals surface area contributed by atoms with Gasteiger partial charge in [0.05, 0.1) is 11.4 Å². The number of hydrogen-bond donors (Lipinski definition) is 2. The molecule has 0 aromatic heterocycles. The van der Waals surface area contributed by atoms with Gasteiger partial charge in [-0.15, -0.1) is 0 Å². The fourth-order valence-electron chi connectivity index (χ4n) is 1.58. The number of carbonyl (C=O) groups is 2. The molecule has 0 fully saturated rings. The fraction of sp³-hybridized carbons (Fsp3) is 0.385. The van der Waals surface area contributed by atoms with E-state index in [-0.39, 0.29) is 24.0 Å². The van der Waals surface area contributed by atoms with Crippen molar-refractivity contribution in [2.24, 2.45) is 0 Å². The fourth-order valence-corrected chi connectivity index (χ4v) is 1.76. The van der Waals surface area contributed by atoms with E-state index in [4.69, 9.17) is 16.7 Å². The largest absolute Gasteiger partial charge is 0.481 e. The molecule has 0 heterocycles. The summed E-state index contributed by atoms with van der Waals surface area (Å²) in [7, 11) is 0. The van der Waals surface area contributed by atoms with Gasteiger partial charge in [-0.25, -0.2) is 9.18 Å². The molecule has 0 saturated carbocycles. The monoisotopic (exact) mass is 302 g/mol. The van der Waals surface area contributed by atoms with Gasteiger partial charge in [-0.05, 0) is 32.0 Å².